The van der Waals surface area contributed by atoms with Crippen molar-refractivity contribution in [2.75, 3.05) is 13.4 Å². The van der Waals surface area contributed by atoms with Crippen LogP contribution in [0, 0.1) is 5.82 Å². The molecule has 6 heteroatoms. The number of benzene rings is 1. The molecule has 2 amide bonds. The van der Waals surface area contributed by atoms with E-state index < -0.39 is 0 Å². The molecule has 0 saturated heterocycles. The summed E-state index contributed by atoms with van der Waals surface area (Å²) in [6, 6.07) is 4.69. The number of thioether (sulfide) groups is 1. The van der Waals surface area contributed by atoms with Gasteiger partial charge >= 0.3 is 6.03 Å². The molecule has 2 N–H and O–H groups in total. The molecule has 0 aliphatic heterocycles. The Labute approximate surface area is 135 Å². The van der Waals surface area contributed by atoms with E-state index in [1.807, 2.05) is 6.26 Å². The van der Waals surface area contributed by atoms with Crippen LogP contribution >= 0.6 is 11.8 Å². The van der Waals surface area contributed by atoms with Crippen molar-refractivity contribution in [1.29, 1.82) is 0 Å². The molecule has 0 bridgehead atoms. The summed E-state index contributed by atoms with van der Waals surface area (Å²) in [6.45, 7) is 0.405. The highest BCUT2D eigenvalue weighted by molar-refractivity contribution is 7.97. The molecule has 1 aromatic carbocycles. The van der Waals surface area contributed by atoms with Gasteiger partial charge in [0.05, 0.1) is 6.10 Å². The van der Waals surface area contributed by atoms with Gasteiger partial charge in [0.15, 0.2) is 0 Å². The molecule has 1 saturated carbocycles. The Kier molecular flexibility index (Phi) is 6.51. The van der Waals surface area contributed by atoms with E-state index in [0.717, 1.165) is 36.1 Å². The molecule has 1 aliphatic carbocycles. The SMILES string of the molecule is CO[C@@H]1CC[C@H](NC(=O)NCc2ccc(F)cc2CSC)C1. The second kappa shape index (κ2) is 8.39. The number of hydrogen-bond donors (Lipinski definition) is 2. The predicted molar refractivity (Wildman–Crippen MR) is 87.4 cm³/mol. The van der Waals surface area contributed by atoms with Gasteiger partial charge in [-0.25, -0.2) is 9.18 Å². The maximum Gasteiger partial charge on any atom is 0.315 e. The number of ether oxygens (including phenoxy) is 1. The van der Waals surface area contributed by atoms with E-state index >= 15 is 0 Å². The van der Waals surface area contributed by atoms with Gasteiger partial charge in [0.2, 0.25) is 0 Å². The molecule has 0 spiro atoms. The summed E-state index contributed by atoms with van der Waals surface area (Å²) in [6.07, 6.45) is 5.01. The highest BCUT2D eigenvalue weighted by atomic mass is 32.2. The number of halogens is 1. The Morgan fingerprint density at radius 2 is 2.23 bits per heavy atom. The lowest BCUT2D eigenvalue weighted by molar-refractivity contribution is 0.107. The molecule has 1 aromatic rings. The van der Waals surface area contributed by atoms with Crippen molar-refractivity contribution in [3.63, 3.8) is 0 Å². The van der Waals surface area contributed by atoms with Gasteiger partial charge in [0.1, 0.15) is 5.82 Å². The van der Waals surface area contributed by atoms with Gasteiger partial charge in [0, 0.05) is 25.4 Å². The van der Waals surface area contributed by atoms with Crippen molar-refractivity contribution >= 4 is 17.8 Å². The molecule has 1 aliphatic rings. The molecular weight excluding hydrogens is 303 g/mol. The first kappa shape index (κ1) is 17.1. The monoisotopic (exact) mass is 326 g/mol. The maximum atomic E-state index is 13.3. The Bertz CT molecular complexity index is 513. The first-order chi connectivity index (χ1) is 10.6. The first-order valence-electron chi connectivity index (χ1n) is 7.45. The number of hydrogen-bond acceptors (Lipinski definition) is 3. The largest absolute Gasteiger partial charge is 0.381 e. The second-order valence-corrected chi connectivity index (χ2v) is 6.41. The lowest BCUT2D eigenvalue weighted by Gasteiger charge is -2.15. The second-order valence-electron chi connectivity index (χ2n) is 5.54. The Hall–Kier alpha value is -1.27. The number of carbonyl (C=O) groups excluding carboxylic acids is 1. The summed E-state index contributed by atoms with van der Waals surface area (Å²) in [5.74, 6) is 0.489. The first-order valence-corrected chi connectivity index (χ1v) is 8.85. The summed E-state index contributed by atoms with van der Waals surface area (Å²) < 4.78 is 18.6. The van der Waals surface area contributed by atoms with Gasteiger partial charge in [0.25, 0.3) is 0 Å². The highest BCUT2D eigenvalue weighted by Crippen LogP contribution is 2.21. The van der Waals surface area contributed by atoms with Crippen LogP contribution in [-0.2, 0) is 17.0 Å². The van der Waals surface area contributed by atoms with E-state index in [1.54, 1.807) is 24.9 Å². The number of carbonyl (C=O) groups is 1. The smallest absolute Gasteiger partial charge is 0.315 e. The minimum absolute atomic E-state index is 0.170. The quantitative estimate of drug-likeness (QED) is 0.845. The van der Waals surface area contributed by atoms with Crippen LogP contribution in [0.1, 0.15) is 30.4 Å². The lowest BCUT2D eigenvalue weighted by atomic mass is 10.1. The standard InChI is InChI=1S/C16H23FN2O2S/c1-21-15-6-5-14(8-15)19-16(20)18-9-11-3-4-13(17)7-12(11)10-22-2/h3-4,7,14-15H,5-6,8-10H2,1-2H3,(H2,18,19,20)/t14-,15+/m0/s1. The number of nitrogens with one attached hydrogen (secondary N) is 2. The van der Waals surface area contributed by atoms with Gasteiger partial charge in [-0.1, -0.05) is 6.07 Å². The lowest BCUT2D eigenvalue weighted by Crippen LogP contribution is -2.41. The third-order valence-electron chi connectivity index (χ3n) is 3.96. The van der Waals surface area contributed by atoms with Crippen LogP contribution in [0.15, 0.2) is 18.2 Å². The molecule has 2 rings (SSSR count). The molecule has 0 aromatic heterocycles. The van der Waals surface area contributed by atoms with E-state index in [0.29, 0.717) is 6.54 Å². The molecule has 0 unspecified atom stereocenters. The van der Waals surface area contributed by atoms with E-state index in [1.165, 1.54) is 12.1 Å². The van der Waals surface area contributed by atoms with Crippen molar-refractivity contribution < 1.29 is 13.9 Å². The van der Waals surface area contributed by atoms with Crippen molar-refractivity contribution in [2.24, 2.45) is 0 Å². The average molecular weight is 326 g/mol. The Morgan fingerprint density at radius 1 is 1.41 bits per heavy atom. The van der Waals surface area contributed by atoms with Gasteiger partial charge in [-0.15, -0.1) is 0 Å². The Morgan fingerprint density at radius 3 is 2.91 bits per heavy atom. The zero-order valence-corrected chi connectivity index (χ0v) is 13.8. The third-order valence-corrected chi connectivity index (χ3v) is 4.56. The van der Waals surface area contributed by atoms with Crippen LogP contribution in [0.4, 0.5) is 9.18 Å². The minimum Gasteiger partial charge on any atom is -0.381 e. The predicted octanol–water partition coefficient (Wildman–Crippen LogP) is 3.06. The Balaban J connectivity index is 1.83. The normalized spacial score (nSPS) is 20.9. The molecule has 0 heterocycles. The van der Waals surface area contributed by atoms with Gasteiger partial charge in [-0.2, -0.15) is 11.8 Å². The van der Waals surface area contributed by atoms with Crippen LogP contribution in [0.2, 0.25) is 0 Å². The highest BCUT2D eigenvalue weighted by Gasteiger charge is 2.25. The van der Waals surface area contributed by atoms with Crippen molar-refractivity contribution in [2.45, 2.75) is 43.7 Å². The molecule has 1 fully saturated rings. The van der Waals surface area contributed by atoms with Gasteiger partial charge in [-0.3, -0.25) is 0 Å². The third kappa shape index (κ3) is 4.88. The van der Waals surface area contributed by atoms with Crippen molar-refractivity contribution in [3.05, 3.63) is 35.1 Å². The van der Waals surface area contributed by atoms with Gasteiger partial charge in [-0.05, 0) is 48.8 Å². The average Bonchev–Trinajstić information content (AvgIpc) is 2.94. The number of rotatable bonds is 6. The van der Waals surface area contributed by atoms with Crippen LogP contribution in [0.25, 0.3) is 0 Å². The van der Waals surface area contributed by atoms with E-state index in [2.05, 4.69) is 10.6 Å². The summed E-state index contributed by atoms with van der Waals surface area (Å²) in [5.41, 5.74) is 1.88. The number of urea groups is 1. The van der Waals surface area contributed by atoms with Gasteiger partial charge < -0.3 is 15.4 Å². The fraction of sp³-hybridized carbons (Fsp3) is 0.562. The molecule has 0 radical (unpaired) electrons. The molecular formula is C16H23FN2O2S. The van der Waals surface area contributed by atoms with Crippen LogP contribution < -0.4 is 10.6 Å². The van der Waals surface area contributed by atoms with Crippen LogP contribution in [-0.4, -0.2) is 31.5 Å². The zero-order chi connectivity index (χ0) is 15.9. The number of amides is 2. The minimum atomic E-state index is -0.242. The fourth-order valence-electron chi connectivity index (χ4n) is 2.75. The summed E-state index contributed by atoms with van der Waals surface area (Å²) in [5, 5.41) is 5.82. The van der Waals surface area contributed by atoms with E-state index in [4.69, 9.17) is 4.74 Å². The molecule has 4 nitrogen and oxygen atoms in total. The fourth-order valence-corrected chi connectivity index (χ4v) is 3.33. The summed E-state index contributed by atoms with van der Waals surface area (Å²) in [7, 11) is 1.70. The molecule has 22 heavy (non-hydrogen) atoms. The van der Waals surface area contributed by atoms with Crippen LogP contribution in [0.5, 0.6) is 0 Å². The summed E-state index contributed by atoms with van der Waals surface area (Å²) in [4.78, 5) is 12.0. The van der Waals surface area contributed by atoms with Crippen LogP contribution in [0.3, 0.4) is 0 Å². The topological polar surface area (TPSA) is 50.4 Å². The number of methoxy groups -OCH3 is 1. The van der Waals surface area contributed by atoms with E-state index in [-0.39, 0.29) is 24.0 Å². The summed E-state index contributed by atoms with van der Waals surface area (Å²) >= 11 is 1.63. The molecule has 2 atom stereocenters. The molecule has 122 valence electrons. The maximum absolute atomic E-state index is 13.3. The van der Waals surface area contributed by atoms with Crippen molar-refractivity contribution in [1.82, 2.24) is 10.6 Å². The zero-order valence-electron chi connectivity index (χ0n) is 13.0. The van der Waals surface area contributed by atoms with E-state index in [9.17, 15) is 9.18 Å². The van der Waals surface area contributed by atoms with Crippen molar-refractivity contribution in [3.8, 4) is 0 Å².